The lowest BCUT2D eigenvalue weighted by atomic mass is 10.1. The molecule has 4 heteroatoms. The van der Waals surface area contributed by atoms with E-state index >= 15 is 0 Å². The Hall–Kier alpha value is -0.610. The molecule has 92 valence electrons. The normalized spacial score (nSPS) is 32.1. The van der Waals surface area contributed by atoms with Crippen LogP contribution in [-0.4, -0.2) is 49.7 Å². The van der Waals surface area contributed by atoms with Gasteiger partial charge in [-0.2, -0.15) is 0 Å². The second-order valence-electron chi connectivity index (χ2n) is 5.11. The molecular formula is C12H22N2O2. The number of nitrogens with zero attached hydrogens (tertiary/aromatic N) is 1. The number of carbonyl (C=O) groups is 1. The molecule has 2 rings (SSSR count). The maximum atomic E-state index is 11.4. The van der Waals surface area contributed by atoms with Crippen LogP contribution in [0.25, 0.3) is 0 Å². The summed E-state index contributed by atoms with van der Waals surface area (Å²) in [5, 5.41) is 3.64. The number of nitrogens with one attached hydrogen (secondary N) is 1. The van der Waals surface area contributed by atoms with Gasteiger partial charge in [0.05, 0.1) is 13.0 Å². The van der Waals surface area contributed by atoms with E-state index in [1.165, 1.54) is 26.4 Å². The van der Waals surface area contributed by atoms with E-state index in [1.54, 1.807) is 0 Å². The molecule has 0 spiro atoms. The lowest BCUT2D eigenvalue weighted by molar-refractivity contribution is -0.145. The van der Waals surface area contributed by atoms with Gasteiger partial charge >= 0.3 is 5.97 Å². The topological polar surface area (TPSA) is 41.6 Å². The second kappa shape index (κ2) is 5.15. The van der Waals surface area contributed by atoms with Crippen LogP contribution in [0.1, 0.15) is 26.2 Å². The summed E-state index contributed by atoms with van der Waals surface area (Å²) < 4.78 is 4.77. The summed E-state index contributed by atoms with van der Waals surface area (Å²) in [7, 11) is 1.46. The van der Waals surface area contributed by atoms with Gasteiger partial charge < -0.3 is 15.0 Å². The van der Waals surface area contributed by atoms with Crippen LogP contribution in [0.5, 0.6) is 0 Å². The zero-order valence-electron chi connectivity index (χ0n) is 10.2. The summed E-state index contributed by atoms with van der Waals surface area (Å²) in [5.74, 6) is -0.107. The van der Waals surface area contributed by atoms with Gasteiger partial charge in [-0.15, -0.1) is 0 Å². The summed E-state index contributed by atoms with van der Waals surface area (Å²) in [6.45, 7) is 4.97. The number of hydrogen-bond acceptors (Lipinski definition) is 4. The van der Waals surface area contributed by atoms with Crippen LogP contribution < -0.4 is 5.32 Å². The highest BCUT2D eigenvalue weighted by Gasteiger charge is 2.30. The predicted octanol–water partition coefficient (Wildman–Crippen LogP) is 0.622. The molecule has 2 heterocycles. The highest BCUT2D eigenvalue weighted by molar-refractivity contribution is 5.72. The average molecular weight is 226 g/mol. The molecule has 16 heavy (non-hydrogen) atoms. The molecule has 4 nitrogen and oxygen atoms in total. The zero-order chi connectivity index (χ0) is 11.5. The van der Waals surface area contributed by atoms with Crippen LogP contribution in [0, 0.1) is 5.92 Å². The van der Waals surface area contributed by atoms with Crippen LogP contribution in [0.15, 0.2) is 0 Å². The fourth-order valence-corrected chi connectivity index (χ4v) is 2.84. The number of ether oxygens (including phenoxy) is 1. The lowest BCUT2D eigenvalue weighted by Gasteiger charge is -2.25. The molecule has 3 unspecified atom stereocenters. The lowest BCUT2D eigenvalue weighted by Crippen LogP contribution is -2.39. The third kappa shape index (κ3) is 2.74. The minimum absolute atomic E-state index is 0.0124. The standard InChI is InChI=1S/C12H22N2O2/c1-9(12(15)16-2)7-14-6-5-10-3-4-11(8-14)13-10/h9-11,13H,3-8H2,1-2H3. The summed E-state index contributed by atoms with van der Waals surface area (Å²) >= 11 is 0. The van der Waals surface area contributed by atoms with Crippen molar-refractivity contribution < 1.29 is 9.53 Å². The Labute approximate surface area is 97.3 Å². The van der Waals surface area contributed by atoms with Crippen LogP contribution in [0.4, 0.5) is 0 Å². The average Bonchev–Trinajstić information content (AvgIpc) is 2.61. The van der Waals surface area contributed by atoms with Crippen molar-refractivity contribution in [1.82, 2.24) is 10.2 Å². The van der Waals surface area contributed by atoms with Crippen molar-refractivity contribution in [2.75, 3.05) is 26.7 Å². The van der Waals surface area contributed by atoms with E-state index in [9.17, 15) is 4.79 Å². The summed E-state index contributed by atoms with van der Waals surface area (Å²) in [5.41, 5.74) is 0. The molecule has 0 aromatic heterocycles. The highest BCUT2D eigenvalue weighted by Crippen LogP contribution is 2.20. The molecule has 2 aliphatic rings. The van der Waals surface area contributed by atoms with E-state index in [2.05, 4.69) is 10.2 Å². The van der Waals surface area contributed by atoms with Gasteiger partial charge in [-0.1, -0.05) is 6.92 Å². The summed E-state index contributed by atoms with van der Waals surface area (Å²) in [4.78, 5) is 13.8. The minimum Gasteiger partial charge on any atom is -0.469 e. The van der Waals surface area contributed by atoms with Crippen LogP contribution >= 0.6 is 0 Å². The number of esters is 1. The minimum atomic E-state index is -0.0950. The number of carbonyl (C=O) groups excluding carboxylic acids is 1. The largest absolute Gasteiger partial charge is 0.469 e. The molecule has 0 aromatic carbocycles. The Morgan fingerprint density at radius 1 is 1.44 bits per heavy atom. The molecule has 2 aliphatic heterocycles. The van der Waals surface area contributed by atoms with Crippen molar-refractivity contribution >= 4 is 5.97 Å². The Morgan fingerprint density at radius 3 is 2.94 bits per heavy atom. The maximum Gasteiger partial charge on any atom is 0.309 e. The smallest absolute Gasteiger partial charge is 0.309 e. The Bertz CT molecular complexity index is 257. The van der Waals surface area contributed by atoms with Gasteiger partial charge in [0.2, 0.25) is 0 Å². The molecule has 0 amide bonds. The highest BCUT2D eigenvalue weighted by atomic mass is 16.5. The van der Waals surface area contributed by atoms with Gasteiger partial charge in [0.15, 0.2) is 0 Å². The van der Waals surface area contributed by atoms with Crippen LogP contribution in [-0.2, 0) is 9.53 Å². The molecule has 1 N–H and O–H groups in total. The first-order valence-electron chi connectivity index (χ1n) is 6.25. The monoisotopic (exact) mass is 226 g/mol. The quantitative estimate of drug-likeness (QED) is 0.716. The van der Waals surface area contributed by atoms with Gasteiger partial charge in [-0.3, -0.25) is 4.79 Å². The van der Waals surface area contributed by atoms with E-state index in [0.29, 0.717) is 12.1 Å². The first kappa shape index (κ1) is 11.9. The second-order valence-corrected chi connectivity index (χ2v) is 5.11. The first-order valence-corrected chi connectivity index (χ1v) is 6.25. The van der Waals surface area contributed by atoms with E-state index in [0.717, 1.165) is 19.6 Å². The van der Waals surface area contributed by atoms with Crippen molar-refractivity contribution in [2.45, 2.75) is 38.3 Å². The molecule has 0 aliphatic carbocycles. The van der Waals surface area contributed by atoms with Crippen molar-refractivity contribution in [3.05, 3.63) is 0 Å². The molecule has 2 fully saturated rings. The van der Waals surface area contributed by atoms with E-state index < -0.39 is 0 Å². The molecule has 2 saturated heterocycles. The third-order valence-corrected chi connectivity index (χ3v) is 3.74. The summed E-state index contributed by atoms with van der Waals surface area (Å²) in [6.07, 6.45) is 3.82. The van der Waals surface area contributed by atoms with Crippen molar-refractivity contribution in [3.63, 3.8) is 0 Å². The van der Waals surface area contributed by atoms with Gasteiger partial charge in [-0.25, -0.2) is 0 Å². The SMILES string of the molecule is COC(=O)C(C)CN1CCC2CCC(C1)N2. The van der Waals surface area contributed by atoms with Crippen LogP contribution in [0.2, 0.25) is 0 Å². The van der Waals surface area contributed by atoms with Crippen molar-refractivity contribution in [3.8, 4) is 0 Å². The fraction of sp³-hybridized carbons (Fsp3) is 0.917. The fourth-order valence-electron chi connectivity index (χ4n) is 2.84. The summed E-state index contributed by atoms with van der Waals surface area (Å²) in [6, 6.07) is 1.35. The molecule has 2 bridgehead atoms. The number of fused-ring (bicyclic) bond motifs is 2. The van der Waals surface area contributed by atoms with E-state index in [-0.39, 0.29) is 11.9 Å². The maximum absolute atomic E-state index is 11.4. The number of likely N-dealkylation sites (tertiary alicyclic amines) is 1. The van der Waals surface area contributed by atoms with Crippen LogP contribution in [0.3, 0.4) is 0 Å². The third-order valence-electron chi connectivity index (χ3n) is 3.74. The van der Waals surface area contributed by atoms with Gasteiger partial charge in [-0.05, 0) is 25.8 Å². The number of methoxy groups -OCH3 is 1. The van der Waals surface area contributed by atoms with Crippen molar-refractivity contribution in [2.24, 2.45) is 5.92 Å². The van der Waals surface area contributed by atoms with E-state index in [1.807, 2.05) is 6.92 Å². The van der Waals surface area contributed by atoms with Gasteiger partial charge in [0.25, 0.3) is 0 Å². The number of rotatable bonds is 3. The van der Waals surface area contributed by atoms with Gasteiger partial charge in [0.1, 0.15) is 0 Å². The molecule has 0 saturated carbocycles. The van der Waals surface area contributed by atoms with Gasteiger partial charge in [0, 0.05) is 25.2 Å². The van der Waals surface area contributed by atoms with E-state index in [4.69, 9.17) is 4.74 Å². The molecule has 0 aromatic rings. The first-order chi connectivity index (χ1) is 7.69. The molecular weight excluding hydrogens is 204 g/mol. The Kier molecular flexibility index (Phi) is 3.82. The predicted molar refractivity (Wildman–Crippen MR) is 62.2 cm³/mol. The number of hydrogen-bond donors (Lipinski definition) is 1. The molecule has 3 atom stereocenters. The Balaban J connectivity index is 1.83. The van der Waals surface area contributed by atoms with Crippen molar-refractivity contribution in [1.29, 1.82) is 0 Å². The zero-order valence-corrected chi connectivity index (χ0v) is 10.2. The molecule has 0 radical (unpaired) electrons. The Morgan fingerprint density at radius 2 is 2.19 bits per heavy atom.